The van der Waals surface area contributed by atoms with Crippen molar-refractivity contribution >= 4 is 5.82 Å². The standard InChI is InChI=1S/C13H21N3O2/c1-2-9-18-10-3-6-14-12-13(17)16(8-7-15-12)11-4-5-11/h7-8,11H,2-6,9-10H2,1H3,(H,14,15). The summed E-state index contributed by atoms with van der Waals surface area (Å²) >= 11 is 0. The Balaban J connectivity index is 1.79. The van der Waals surface area contributed by atoms with E-state index >= 15 is 0 Å². The lowest BCUT2D eigenvalue weighted by molar-refractivity contribution is 0.134. The molecule has 0 amide bonds. The van der Waals surface area contributed by atoms with Gasteiger partial charge in [0.1, 0.15) is 0 Å². The van der Waals surface area contributed by atoms with E-state index < -0.39 is 0 Å². The molecule has 0 atom stereocenters. The van der Waals surface area contributed by atoms with Crippen LogP contribution in [-0.2, 0) is 4.74 Å². The highest BCUT2D eigenvalue weighted by molar-refractivity contribution is 5.30. The van der Waals surface area contributed by atoms with E-state index in [0.717, 1.165) is 45.4 Å². The number of hydrogen-bond acceptors (Lipinski definition) is 4. The minimum atomic E-state index is -0.00511. The van der Waals surface area contributed by atoms with Crippen molar-refractivity contribution in [1.82, 2.24) is 9.55 Å². The fourth-order valence-electron chi connectivity index (χ4n) is 1.81. The fourth-order valence-corrected chi connectivity index (χ4v) is 1.81. The molecule has 1 aliphatic carbocycles. The smallest absolute Gasteiger partial charge is 0.293 e. The summed E-state index contributed by atoms with van der Waals surface area (Å²) in [6.45, 7) is 4.34. The van der Waals surface area contributed by atoms with Gasteiger partial charge in [0.15, 0.2) is 5.82 Å². The molecule has 0 spiro atoms. The highest BCUT2D eigenvalue weighted by atomic mass is 16.5. The zero-order valence-electron chi connectivity index (χ0n) is 10.9. The average Bonchev–Trinajstić information content (AvgIpc) is 3.20. The van der Waals surface area contributed by atoms with Crippen molar-refractivity contribution in [2.24, 2.45) is 0 Å². The van der Waals surface area contributed by atoms with Gasteiger partial charge < -0.3 is 14.6 Å². The number of nitrogens with zero attached hydrogens (tertiary/aromatic N) is 2. The van der Waals surface area contributed by atoms with E-state index in [9.17, 15) is 4.79 Å². The molecule has 0 aliphatic heterocycles. The Hall–Kier alpha value is -1.36. The van der Waals surface area contributed by atoms with Gasteiger partial charge in [-0.15, -0.1) is 0 Å². The van der Waals surface area contributed by atoms with Gasteiger partial charge in [-0.3, -0.25) is 4.79 Å². The Bertz CT molecular complexity index is 426. The van der Waals surface area contributed by atoms with E-state index in [1.54, 1.807) is 17.0 Å². The molecule has 0 saturated heterocycles. The highest BCUT2D eigenvalue weighted by Gasteiger charge is 2.25. The molecule has 1 N–H and O–H groups in total. The number of ether oxygens (including phenoxy) is 1. The third-order valence-electron chi connectivity index (χ3n) is 2.91. The van der Waals surface area contributed by atoms with Crippen LogP contribution in [0.1, 0.15) is 38.6 Å². The zero-order valence-corrected chi connectivity index (χ0v) is 10.9. The van der Waals surface area contributed by atoms with E-state index in [-0.39, 0.29) is 5.56 Å². The quantitative estimate of drug-likeness (QED) is 0.716. The monoisotopic (exact) mass is 251 g/mol. The summed E-state index contributed by atoms with van der Waals surface area (Å²) in [4.78, 5) is 16.1. The molecular formula is C13H21N3O2. The first kappa shape index (κ1) is 13.1. The van der Waals surface area contributed by atoms with Crippen LogP contribution in [0.25, 0.3) is 0 Å². The summed E-state index contributed by atoms with van der Waals surface area (Å²) in [6, 6.07) is 0.397. The maximum Gasteiger partial charge on any atom is 0.293 e. The summed E-state index contributed by atoms with van der Waals surface area (Å²) in [5.41, 5.74) is -0.00511. The first-order valence-electron chi connectivity index (χ1n) is 6.71. The highest BCUT2D eigenvalue weighted by Crippen LogP contribution is 2.33. The predicted octanol–water partition coefficient (Wildman–Crippen LogP) is 1.81. The Labute approximate surface area is 107 Å². The van der Waals surface area contributed by atoms with Gasteiger partial charge in [-0.05, 0) is 25.7 Å². The summed E-state index contributed by atoms with van der Waals surface area (Å²) in [6.07, 6.45) is 7.60. The van der Waals surface area contributed by atoms with Crippen LogP contribution in [0.15, 0.2) is 17.2 Å². The molecule has 1 saturated carbocycles. The van der Waals surface area contributed by atoms with Crippen molar-refractivity contribution in [3.8, 4) is 0 Å². The number of nitrogens with one attached hydrogen (secondary N) is 1. The van der Waals surface area contributed by atoms with E-state index in [0.29, 0.717) is 11.9 Å². The topological polar surface area (TPSA) is 56.1 Å². The Morgan fingerprint density at radius 2 is 2.33 bits per heavy atom. The zero-order chi connectivity index (χ0) is 12.8. The third-order valence-corrected chi connectivity index (χ3v) is 2.91. The van der Waals surface area contributed by atoms with Gasteiger partial charge in [0.25, 0.3) is 5.56 Å². The Morgan fingerprint density at radius 1 is 1.50 bits per heavy atom. The van der Waals surface area contributed by atoms with Crippen LogP contribution < -0.4 is 10.9 Å². The van der Waals surface area contributed by atoms with E-state index in [1.807, 2.05) is 0 Å². The number of anilines is 1. The minimum absolute atomic E-state index is 0.00511. The average molecular weight is 251 g/mol. The number of aromatic nitrogens is 2. The maximum atomic E-state index is 12.0. The lowest BCUT2D eigenvalue weighted by Crippen LogP contribution is -2.24. The van der Waals surface area contributed by atoms with Crippen LogP contribution in [-0.4, -0.2) is 29.3 Å². The fraction of sp³-hybridized carbons (Fsp3) is 0.692. The maximum absolute atomic E-state index is 12.0. The van der Waals surface area contributed by atoms with Crippen molar-refractivity contribution in [3.63, 3.8) is 0 Å². The summed E-state index contributed by atoms with van der Waals surface area (Å²) in [5, 5.41) is 3.09. The lowest BCUT2D eigenvalue weighted by Gasteiger charge is -2.08. The normalized spacial score (nSPS) is 14.7. The third kappa shape index (κ3) is 3.57. The number of hydrogen-bond donors (Lipinski definition) is 1. The first-order valence-corrected chi connectivity index (χ1v) is 6.71. The summed E-state index contributed by atoms with van der Waals surface area (Å²) < 4.78 is 7.16. The van der Waals surface area contributed by atoms with Gasteiger partial charge in [-0.2, -0.15) is 0 Å². The van der Waals surface area contributed by atoms with Crippen molar-refractivity contribution in [3.05, 3.63) is 22.7 Å². The molecule has 1 aliphatic rings. The predicted molar refractivity (Wildman–Crippen MR) is 71.0 cm³/mol. The van der Waals surface area contributed by atoms with Gasteiger partial charge in [0.05, 0.1) is 0 Å². The van der Waals surface area contributed by atoms with Crippen LogP contribution in [0.2, 0.25) is 0 Å². The molecule has 5 heteroatoms. The van der Waals surface area contributed by atoms with Gasteiger partial charge >= 0.3 is 0 Å². The summed E-state index contributed by atoms with van der Waals surface area (Å²) in [7, 11) is 0. The number of rotatable bonds is 8. The van der Waals surface area contributed by atoms with Crippen molar-refractivity contribution in [2.75, 3.05) is 25.1 Å². The van der Waals surface area contributed by atoms with Crippen LogP contribution in [0.5, 0.6) is 0 Å². The molecule has 5 nitrogen and oxygen atoms in total. The van der Waals surface area contributed by atoms with Crippen molar-refractivity contribution in [2.45, 2.75) is 38.6 Å². The molecule has 1 fully saturated rings. The second-order valence-electron chi connectivity index (χ2n) is 4.61. The van der Waals surface area contributed by atoms with E-state index in [2.05, 4.69) is 17.2 Å². The van der Waals surface area contributed by atoms with Crippen LogP contribution in [0.4, 0.5) is 5.82 Å². The molecule has 18 heavy (non-hydrogen) atoms. The van der Waals surface area contributed by atoms with Gasteiger partial charge in [0.2, 0.25) is 0 Å². The van der Waals surface area contributed by atoms with Gasteiger partial charge in [0, 0.05) is 38.2 Å². The Kier molecular flexibility index (Phi) is 4.75. The molecule has 1 aromatic rings. The molecule has 1 aromatic heterocycles. The van der Waals surface area contributed by atoms with Crippen LogP contribution >= 0.6 is 0 Å². The van der Waals surface area contributed by atoms with Crippen LogP contribution in [0.3, 0.4) is 0 Å². The van der Waals surface area contributed by atoms with E-state index in [4.69, 9.17) is 4.74 Å². The van der Waals surface area contributed by atoms with Crippen molar-refractivity contribution < 1.29 is 4.74 Å². The minimum Gasteiger partial charge on any atom is -0.381 e. The molecule has 0 aromatic carbocycles. The van der Waals surface area contributed by atoms with Gasteiger partial charge in [-0.1, -0.05) is 6.92 Å². The largest absolute Gasteiger partial charge is 0.381 e. The second kappa shape index (κ2) is 6.54. The SMILES string of the molecule is CCCOCCCNc1nccn(C2CC2)c1=O. The van der Waals surface area contributed by atoms with Gasteiger partial charge in [-0.25, -0.2) is 4.98 Å². The molecule has 100 valence electrons. The molecule has 0 unspecified atom stereocenters. The lowest BCUT2D eigenvalue weighted by atomic mass is 10.4. The first-order chi connectivity index (χ1) is 8.83. The summed E-state index contributed by atoms with van der Waals surface area (Å²) in [5.74, 6) is 0.458. The van der Waals surface area contributed by atoms with Crippen LogP contribution in [0, 0.1) is 0 Å². The van der Waals surface area contributed by atoms with E-state index in [1.165, 1.54) is 0 Å². The molecule has 0 radical (unpaired) electrons. The molecule has 1 heterocycles. The molecule has 2 rings (SSSR count). The Morgan fingerprint density at radius 3 is 3.06 bits per heavy atom. The van der Waals surface area contributed by atoms with Crippen molar-refractivity contribution in [1.29, 1.82) is 0 Å². The molecular weight excluding hydrogens is 230 g/mol. The second-order valence-corrected chi connectivity index (χ2v) is 4.61. The molecule has 0 bridgehead atoms.